The van der Waals surface area contributed by atoms with Crippen LogP contribution in [0.5, 0.6) is 0 Å². The van der Waals surface area contributed by atoms with E-state index < -0.39 is 5.91 Å². The Morgan fingerprint density at radius 2 is 1.95 bits per heavy atom. The molecule has 1 atom stereocenters. The van der Waals surface area contributed by atoms with Crippen molar-refractivity contribution in [1.82, 2.24) is 9.97 Å². The number of nitrogens with one attached hydrogen (secondary N) is 1. The maximum absolute atomic E-state index is 11.3. The number of hydrogen-bond donors (Lipinski definition) is 3. The van der Waals surface area contributed by atoms with Gasteiger partial charge >= 0.3 is 0 Å². The third-order valence-electron chi connectivity index (χ3n) is 2.75. The number of carbonyl (C=O) groups is 1. The number of nitrogens with two attached hydrogens (primary N) is 2. The summed E-state index contributed by atoms with van der Waals surface area (Å²) in [6.45, 7) is 1.92. The van der Waals surface area contributed by atoms with E-state index in [0.717, 1.165) is 5.56 Å². The minimum atomic E-state index is -0.621. The predicted octanol–water partition coefficient (Wildman–Crippen LogP) is 1.33. The van der Waals surface area contributed by atoms with Crippen molar-refractivity contribution < 1.29 is 4.79 Å². The summed E-state index contributed by atoms with van der Waals surface area (Å²) in [4.78, 5) is 19.3. The van der Waals surface area contributed by atoms with Crippen molar-refractivity contribution in [2.45, 2.75) is 13.0 Å². The first-order chi connectivity index (χ1) is 9.09. The van der Waals surface area contributed by atoms with E-state index in [9.17, 15) is 4.79 Å². The fourth-order valence-electron chi connectivity index (χ4n) is 1.81. The zero-order valence-electron chi connectivity index (χ0n) is 10.5. The smallest absolute Gasteiger partial charge is 0.271 e. The zero-order valence-corrected chi connectivity index (χ0v) is 10.5. The van der Waals surface area contributed by atoms with Gasteiger partial charge in [-0.05, 0) is 18.6 Å². The number of aromatic nitrogens is 2. The number of para-hydroxylation sites is 1. The lowest BCUT2D eigenvalue weighted by atomic mass is 10.1. The highest BCUT2D eigenvalue weighted by molar-refractivity contribution is 5.95. The minimum Gasteiger partial charge on any atom is -0.398 e. The predicted molar refractivity (Wildman–Crippen MR) is 73.4 cm³/mol. The Balaban J connectivity index is 2.27. The summed E-state index contributed by atoms with van der Waals surface area (Å²) in [7, 11) is 0. The average Bonchev–Trinajstić information content (AvgIpc) is 2.39. The number of amides is 1. The lowest BCUT2D eigenvalue weighted by molar-refractivity contribution is 0.0996. The summed E-state index contributed by atoms with van der Waals surface area (Å²) in [5.74, 6) is -0.269. The largest absolute Gasteiger partial charge is 0.398 e. The van der Waals surface area contributed by atoms with Gasteiger partial charge in [0.05, 0.1) is 6.04 Å². The molecule has 19 heavy (non-hydrogen) atoms. The summed E-state index contributed by atoms with van der Waals surface area (Å²) >= 11 is 0. The van der Waals surface area contributed by atoms with Crippen LogP contribution in [0, 0.1) is 0 Å². The molecule has 1 aromatic heterocycles. The number of hydrogen-bond acceptors (Lipinski definition) is 5. The van der Waals surface area contributed by atoms with Crippen molar-refractivity contribution >= 4 is 17.4 Å². The first-order valence-corrected chi connectivity index (χ1v) is 5.81. The zero-order chi connectivity index (χ0) is 13.8. The SMILES string of the molecule is CC(Nc1nccnc1C(N)=O)c1ccccc1N. The van der Waals surface area contributed by atoms with Crippen molar-refractivity contribution in [3.05, 3.63) is 47.9 Å². The lowest BCUT2D eigenvalue weighted by Crippen LogP contribution is -2.19. The van der Waals surface area contributed by atoms with Crippen LogP contribution in [-0.2, 0) is 0 Å². The molecule has 0 saturated heterocycles. The van der Waals surface area contributed by atoms with E-state index in [1.165, 1.54) is 12.4 Å². The van der Waals surface area contributed by atoms with Crippen molar-refractivity contribution in [3.8, 4) is 0 Å². The van der Waals surface area contributed by atoms with Gasteiger partial charge in [0.15, 0.2) is 11.5 Å². The topological polar surface area (TPSA) is 107 Å². The number of anilines is 2. The van der Waals surface area contributed by atoms with E-state index >= 15 is 0 Å². The lowest BCUT2D eigenvalue weighted by Gasteiger charge is -2.17. The molecule has 1 heterocycles. The highest BCUT2D eigenvalue weighted by atomic mass is 16.1. The fourth-order valence-corrected chi connectivity index (χ4v) is 1.81. The fraction of sp³-hybridized carbons (Fsp3) is 0.154. The molecule has 98 valence electrons. The first kappa shape index (κ1) is 12.8. The van der Waals surface area contributed by atoms with E-state index in [1.54, 1.807) is 0 Å². The van der Waals surface area contributed by atoms with Gasteiger partial charge in [0.25, 0.3) is 5.91 Å². The number of nitrogens with zero attached hydrogens (tertiary/aromatic N) is 2. The molecule has 6 nitrogen and oxygen atoms in total. The molecule has 0 spiro atoms. The van der Waals surface area contributed by atoms with Crippen LogP contribution in [0.4, 0.5) is 11.5 Å². The van der Waals surface area contributed by atoms with Gasteiger partial charge < -0.3 is 16.8 Å². The Bertz CT molecular complexity index is 599. The van der Waals surface area contributed by atoms with Gasteiger partial charge in [0.1, 0.15) is 0 Å². The molecule has 0 bridgehead atoms. The Labute approximate surface area is 110 Å². The maximum atomic E-state index is 11.3. The van der Waals surface area contributed by atoms with Gasteiger partial charge in [-0.3, -0.25) is 4.79 Å². The van der Waals surface area contributed by atoms with Crippen LogP contribution >= 0.6 is 0 Å². The van der Waals surface area contributed by atoms with Crippen LogP contribution in [0.1, 0.15) is 29.0 Å². The van der Waals surface area contributed by atoms with Crippen LogP contribution in [0.25, 0.3) is 0 Å². The molecule has 6 heteroatoms. The van der Waals surface area contributed by atoms with Gasteiger partial charge in [-0.1, -0.05) is 18.2 Å². The molecule has 0 fully saturated rings. The van der Waals surface area contributed by atoms with E-state index in [2.05, 4.69) is 15.3 Å². The van der Waals surface area contributed by atoms with Crippen LogP contribution in [0.3, 0.4) is 0 Å². The summed E-state index contributed by atoms with van der Waals surface area (Å²) in [5, 5.41) is 3.09. The van der Waals surface area contributed by atoms with Gasteiger partial charge in [0.2, 0.25) is 0 Å². The molecule has 2 rings (SSSR count). The normalized spacial score (nSPS) is 11.8. The number of carbonyl (C=O) groups excluding carboxylic acids is 1. The summed E-state index contributed by atoms with van der Waals surface area (Å²) in [6, 6.07) is 7.38. The standard InChI is InChI=1S/C13H15N5O/c1-8(9-4-2-3-5-10(9)14)18-13-11(12(15)19)16-6-7-17-13/h2-8H,14H2,1H3,(H2,15,19)(H,17,18). The number of rotatable bonds is 4. The van der Waals surface area contributed by atoms with Crippen molar-refractivity contribution in [3.63, 3.8) is 0 Å². The number of primary amides is 1. The highest BCUT2D eigenvalue weighted by Crippen LogP contribution is 2.23. The quantitative estimate of drug-likeness (QED) is 0.716. The Kier molecular flexibility index (Phi) is 3.61. The summed E-state index contributed by atoms with van der Waals surface area (Å²) in [6.07, 6.45) is 2.92. The average molecular weight is 257 g/mol. The molecular formula is C13H15N5O. The number of benzene rings is 1. The molecule has 0 radical (unpaired) electrons. The van der Waals surface area contributed by atoms with Gasteiger partial charge in [-0.2, -0.15) is 0 Å². The van der Waals surface area contributed by atoms with E-state index in [4.69, 9.17) is 11.5 Å². The Hall–Kier alpha value is -2.63. The molecule has 0 aliphatic heterocycles. The van der Waals surface area contributed by atoms with Gasteiger partial charge in [0, 0.05) is 18.1 Å². The van der Waals surface area contributed by atoms with E-state index in [-0.39, 0.29) is 11.7 Å². The molecule has 2 aromatic rings. The van der Waals surface area contributed by atoms with Gasteiger partial charge in [-0.25, -0.2) is 9.97 Å². The van der Waals surface area contributed by atoms with Crippen molar-refractivity contribution in [1.29, 1.82) is 0 Å². The molecule has 1 unspecified atom stereocenters. The Morgan fingerprint density at radius 1 is 1.26 bits per heavy atom. The molecule has 1 aromatic carbocycles. The Morgan fingerprint density at radius 3 is 2.63 bits per heavy atom. The first-order valence-electron chi connectivity index (χ1n) is 5.81. The molecule has 0 aliphatic rings. The molecule has 0 aliphatic carbocycles. The third kappa shape index (κ3) is 2.79. The summed E-state index contributed by atoms with van der Waals surface area (Å²) in [5.41, 5.74) is 12.9. The molecule has 0 saturated carbocycles. The molecule has 5 N–H and O–H groups in total. The van der Waals surface area contributed by atoms with Crippen molar-refractivity contribution in [2.24, 2.45) is 5.73 Å². The molecular weight excluding hydrogens is 242 g/mol. The second-order valence-electron chi connectivity index (χ2n) is 4.11. The van der Waals surface area contributed by atoms with Crippen LogP contribution in [-0.4, -0.2) is 15.9 Å². The highest BCUT2D eigenvalue weighted by Gasteiger charge is 2.14. The van der Waals surface area contributed by atoms with Crippen LogP contribution < -0.4 is 16.8 Å². The van der Waals surface area contributed by atoms with Crippen molar-refractivity contribution in [2.75, 3.05) is 11.1 Å². The third-order valence-corrected chi connectivity index (χ3v) is 2.75. The molecule has 1 amide bonds. The monoisotopic (exact) mass is 257 g/mol. The second-order valence-corrected chi connectivity index (χ2v) is 4.11. The maximum Gasteiger partial charge on any atom is 0.271 e. The van der Waals surface area contributed by atoms with E-state index in [1.807, 2.05) is 31.2 Å². The van der Waals surface area contributed by atoms with Gasteiger partial charge in [-0.15, -0.1) is 0 Å². The summed E-state index contributed by atoms with van der Waals surface area (Å²) < 4.78 is 0. The van der Waals surface area contributed by atoms with Crippen LogP contribution in [0.15, 0.2) is 36.7 Å². The number of nitrogen functional groups attached to an aromatic ring is 1. The second kappa shape index (κ2) is 5.34. The minimum absolute atomic E-state index is 0.115. The van der Waals surface area contributed by atoms with Crippen LogP contribution in [0.2, 0.25) is 0 Å². The van der Waals surface area contributed by atoms with E-state index in [0.29, 0.717) is 11.5 Å².